The number of halogens is 1. The quantitative estimate of drug-likeness (QED) is 0.514. The second-order valence-electron chi connectivity index (χ2n) is 7.76. The largest absolute Gasteiger partial charge is 0.346 e. The first-order valence-electron chi connectivity index (χ1n) is 9.98. The van der Waals surface area contributed by atoms with Gasteiger partial charge in [0.05, 0.1) is 0 Å². The lowest BCUT2D eigenvalue weighted by Gasteiger charge is -2.03. The Labute approximate surface area is 178 Å². The molecule has 0 aliphatic heterocycles. The normalized spacial score (nSPS) is 13.7. The van der Waals surface area contributed by atoms with Gasteiger partial charge in [-0.2, -0.15) is 0 Å². The summed E-state index contributed by atoms with van der Waals surface area (Å²) in [6.07, 6.45) is 2.65. The summed E-state index contributed by atoms with van der Waals surface area (Å²) in [6, 6.07) is 15.9. The van der Waals surface area contributed by atoms with Crippen LogP contribution in [0.1, 0.15) is 41.7 Å². The monoisotopic (exact) mass is 420 g/mol. The topological polar surface area (TPSA) is 81.4 Å². The van der Waals surface area contributed by atoms with E-state index in [1.165, 1.54) is 10.2 Å². The minimum absolute atomic E-state index is 0.126. The SMILES string of the molecule is Cc1cccc(Cc2nnc(Cn3nc(-c4ccc(Cl)cc4)n(C4CC4)c3=O)[nH]2)c1. The zero-order chi connectivity index (χ0) is 20.7. The van der Waals surface area contributed by atoms with Gasteiger partial charge in [0.15, 0.2) is 11.6 Å². The molecule has 0 bridgehead atoms. The molecule has 0 radical (unpaired) electrons. The van der Waals surface area contributed by atoms with Crippen molar-refractivity contribution in [2.24, 2.45) is 0 Å². The van der Waals surface area contributed by atoms with E-state index in [2.05, 4.69) is 45.4 Å². The molecule has 30 heavy (non-hydrogen) atoms. The Morgan fingerprint density at radius 3 is 2.60 bits per heavy atom. The van der Waals surface area contributed by atoms with Crippen molar-refractivity contribution in [3.63, 3.8) is 0 Å². The average molecular weight is 421 g/mol. The van der Waals surface area contributed by atoms with Crippen molar-refractivity contribution in [3.8, 4) is 11.4 Å². The van der Waals surface area contributed by atoms with Crippen LogP contribution in [0.4, 0.5) is 0 Å². The number of rotatable bonds is 6. The molecule has 1 fully saturated rings. The molecule has 2 heterocycles. The van der Waals surface area contributed by atoms with E-state index in [0.717, 1.165) is 29.8 Å². The second-order valence-corrected chi connectivity index (χ2v) is 8.19. The zero-order valence-corrected chi connectivity index (χ0v) is 17.3. The molecule has 7 nitrogen and oxygen atoms in total. The first-order chi connectivity index (χ1) is 14.6. The highest BCUT2D eigenvalue weighted by atomic mass is 35.5. The minimum Gasteiger partial charge on any atom is -0.327 e. The molecule has 1 N–H and O–H groups in total. The predicted molar refractivity (Wildman–Crippen MR) is 115 cm³/mol. The number of aromatic amines is 1. The van der Waals surface area contributed by atoms with Crippen LogP contribution in [0.2, 0.25) is 5.02 Å². The van der Waals surface area contributed by atoms with Gasteiger partial charge in [-0.15, -0.1) is 15.3 Å². The van der Waals surface area contributed by atoms with Crippen LogP contribution in [0.25, 0.3) is 11.4 Å². The van der Waals surface area contributed by atoms with Crippen LogP contribution in [0, 0.1) is 6.92 Å². The fraction of sp³-hybridized carbons (Fsp3) is 0.273. The minimum atomic E-state index is -0.126. The Morgan fingerprint density at radius 2 is 1.87 bits per heavy atom. The number of H-pyrrole nitrogens is 1. The third-order valence-electron chi connectivity index (χ3n) is 5.22. The van der Waals surface area contributed by atoms with Crippen LogP contribution in [0.3, 0.4) is 0 Å². The van der Waals surface area contributed by atoms with Gasteiger partial charge < -0.3 is 4.98 Å². The Hall–Kier alpha value is -3.19. The van der Waals surface area contributed by atoms with E-state index < -0.39 is 0 Å². The van der Waals surface area contributed by atoms with Gasteiger partial charge in [-0.25, -0.2) is 9.48 Å². The molecule has 5 rings (SSSR count). The molecule has 4 aromatic rings. The molecule has 1 aliphatic rings. The summed E-state index contributed by atoms with van der Waals surface area (Å²) >= 11 is 6.01. The van der Waals surface area contributed by atoms with Crippen LogP contribution in [0.5, 0.6) is 0 Å². The van der Waals surface area contributed by atoms with Crippen molar-refractivity contribution in [1.29, 1.82) is 0 Å². The first-order valence-corrected chi connectivity index (χ1v) is 10.4. The number of aromatic nitrogens is 6. The fourth-order valence-electron chi connectivity index (χ4n) is 3.63. The third-order valence-corrected chi connectivity index (χ3v) is 5.47. The van der Waals surface area contributed by atoms with Crippen molar-refractivity contribution in [2.75, 3.05) is 0 Å². The van der Waals surface area contributed by atoms with Crippen LogP contribution >= 0.6 is 11.6 Å². The molecule has 0 atom stereocenters. The van der Waals surface area contributed by atoms with Crippen molar-refractivity contribution < 1.29 is 0 Å². The number of aryl methyl sites for hydroxylation is 1. The summed E-state index contributed by atoms with van der Waals surface area (Å²) in [6.45, 7) is 2.32. The Bertz CT molecular complexity index is 1250. The highest BCUT2D eigenvalue weighted by Gasteiger charge is 2.30. The molecule has 1 saturated carbocycles. The van der Waals surface area contributed by atoms with Crippen molar-refractivity contribution in [3.05, 3.63) is 86.8 Å². The maximum Gasteiger partial charge on any atom is 0.346 e. The predicted octanol–water partition coefficient (Wildman–Crippen LogP) is 3.77. The molecule has 2 aromatic carbocycles. The Kier molecular flexibility index (Phi) is 4.75. The van der Waals surface area contributed by atoms with E-state index in [0.29, 0.717) is 23.1 Å². The highest BCUT2D eigenvalue weighted by Crippen LogP contribution is 2.36. The molecular formula is C22H21ClN6O. The Balaban J connectivity index is 1.41. The van der Waals surface area contributed by atoms with Gasteiger partial charge >= 0.3 is 5.69 Å². The van der Waals surface area contributed by atoms with Gasteiger partial charge in [-0.05, 0) is 49.6 Å². The number of hydrogen-bond donors (Lipinski definition) is 1. The molecule has 0 amide bonds. The smallest absolute Gasteiger partial charge is 0.327 e. The molecule has 8 heteroatoms. The van der Waals surface area contributed by atoms with Crippen molar-refractivity contribution in [1.82, 2.24) is 29.5 Å². The third kappa shape index (κ3) is 3.80. The molecule has 0 saturated heterocycles. The second kappa shape index (κ2) is 7.57. The fourth-order valence-corrected chi connectivity index (χ4v) is 3.75. The van der Waals surface area contributed by atoms with Crippen molar-refractivity contribution >= 4 is 11.6 Å². The molecule has 0 unspecified atom stereocenters. The summed E-state index contributed by atoms with van der Waals surface area (Å²) in [4.78, 5) is 16.3. The van der Waals surface area contributed by atoms with E-state index >= 15 is 0 Å². The number of nitrogens with one attached hydrogen (secondary N) is 1. The maximum absolute atomic E-state index is 13.0. The molecule has 2 aromatic heterocycles. The summed E-state index contributed by atoms with van der Waals surface area (Å²) in [7, 11) is 0. The molecular weight excluding hydrogens is 400 g/mol. The van der Waals surface area contributed by atoms with Gasteiger partial charge in [0.2, 0.25) is 0 Å². The van der Waals surface area contributed by atoms with Crippen molar-refractivity contribution in [2.45, 2.75) is 38.8 Å². The van der Waals surface area contributed by atoms with Crippen LogP contribution in [-0.2, 0) is 13.0 Å². The zero-order valence-electron chi connectivity index (χ0n) is 16.5. The molecule has 1 aliphatic carbocycles. The highest BCUT2D eigenvalue weighted by molar-refractivity contribution is 6.30. The summed E-state index contributed by atoms with van der Waals surface area (Å²) in [5, 5.41) is 13.7. The van der Waals surface area contributed by atoms with E-state index in [1.807, 2.05) is 30.3 Å². The lowest BCUT2D eigenvalue weighted by molar-refractivity contribution is 0.608. The maximum atomic E-state index is 13.0. The van der Waals surface area contributed by atoms with E-state index in [4.69, 9.17) is 11.6 Å². The standard InChI is InChI=1S/C22H21ClN6O/c1-14-3-2-4-15(11-14)12-19-24-20(26-25-19)13-28-22(30)29(18-9-10-18)21(27-28)16-5-7-17(23)8-6-16/h2-8,11,18H,9-10,12-13H2,1H3,(H,24,25,26). The Morgan fingerprint density at radius 1 is 1.10 bits per heavy atom. The van der Waals surface area contributed by atoms with E-state index in [1.54, 1.807) is 4.57 Å². The number of hydrogen-bond acceptors (Lipinski definition) is 4. The van der Waals surface area contributed by atoms with Gasteiger partial charge in [0.1, 0.15) is 12.4 Å². The van der Waals surface area contributed by atoms with E-state index in [-0.39, 0.29) is 18.3 Å². The van der Waals surface area contributed by atoms with Crippen LogP contribution in [-0.4, -0.2) is 29.5 Å². The number of benzene rings is 2. The first kappa shape index (κ1) is 18.8. The van der Waals surface area contributed by atoms with Crippen LogP contribution in [0.15, 0.2) is 53.3 Å². The summed E-state index contributed by atoms with van der Waals surface area (Å²) in [5.74, 6) is 2.05. The average Bonchev–Trinajstić information content (AvgIpc) is 3.38. The van der Waals surface area contributed by atoms with Gasteiger partial charge in [0.25, 0.3) is 0 Å². The lowest BCUT2D eigenvalue weighted by Crippen LogP contribution is -2.25. The molecule has 152 valence electrons. The summed E-state index contributed by atoms with van der Waals surface area (Å²) in [5.41, 5.74) is 3.12. The van der Waals surface area contributed by atoms with Gasteiger partial charge in [-0.1, -0.05) is 41.4 Å². The summed E-state index contributed by atoms with van der Waals surface area (Å²) < 4.78 is 3.24. The van der Waals surface area contributed by atoms with E-state index in [9.17, 15) is 4.79 Å². The lowest BCUT2D eigenvalue weighted by atomic mass is 10.1. The number of nitrogens with zero attached hydrogens (tertiary/aromatic N) is 5. The van der Waals surface area contributed by atoms with Gasteiger partial charge in [0, 0.05) is 23.0 Å². The van der Waals surface area contributed by atoms with Gasteiger partial charge in [-0.3, -0.25) is 4.57 Å². The van der Waals surface area contributed by atoms with Crippen LogP contribution < -0.4 is 5.69 Å². The molecule has 0 spiro atoms.